The normalized spacial score (nSPS) is 33.2. The second-order valence-corrected chi connectivity index (χ2v) is 5.37. The zero-order chi connectivity index (χ0) is 10.1. The zero-order valence-electron chi connectivity index (χ0n) is 9.21. The molecule has 0 heterocycles. The maximum absolute atomic E-state index is 3.60. The Hall–Kier alpha value is -0.980. The highest BCUT2D eigenvalue weighted by Crippen LogP contribution is 2.53. The molecule has 0 aromatic heterocycles. The molecular weight excluding hydrogens is 182 g/mol. The summed E-state index contributed by atoms with van der Waals surface area (Å²) in [6, 6.07) is 10.6. The van der Waals surface area contributed by atoms with E-state index in [0.717, 1.165) is 5.92 Å². The number of nitrogens with one attached hydrogen (secondary N) is 1. The number of benzene rings is 1. The highest BCUT2D eigenvalue weighted by Gasteiger charge is 2.44. The number of hydrogen-bond acceptors (Lipinski definition) is 1. The average Bonchev–Trinajstić information content (AvgIpc) is 2.89. The van der Waals surface area contributed by atoms with Crippen molar-refractivity contribution in [2.75, 3.05) is 11.9 Å². The second-order valence-electron chi connectivity index (χ2n) is 5.37. The molecule has 0 atom stereocenters. The van der Waals surface area contributed by atoms with E-state index in [4.69, 9.17) is 0 Å². The van der Waals surface area contributed by atoms with Gasteiger partial charge in [0.15, 0.2) is 0 Å². The molecule has 0 amide bonds. The first-order valence-electron chi connectivity index (χ1n) is 6.15. The molecule has 0 saturated heterocycles. The van der Waals surface area contributed by atoms with Crippen LogP contribution in [0.5, 0.6) is 0 Å². The molecule has 80 valence electrons. The largest absolute Gasteiger partial charge is 0.384 e. The first-order valence-corrected chi connectivity index (χ1v) is 6.15. The summed E-state index contributed by atoms with van der Waals surface area (Å²) in [5.74, 6) is 1.06. The van der Waals surface area contributed by atoms with Gasteiger partial charge in [-0.1, -0.05) is 18.2 Å². The van der Waals surface area contributed by atoms with Gasteiger partial charge in [-0.05, 0) is 55.6 Å². The Morgan fingerprint density at radius 3 is 2.47 bits per heavy atom. The molecule has 3 rings (SSSR count). The first kappa shape index (κ1) is 9.26. The summed E-state index contributed by atoms with van der Waals surface area (Å²) in [6.45, 7) is 1.19. The molecule has 0 spiro atoms. The van der Waals surface area contributed by atoms with Crippen LogP contribution in [0.2, 0.25) is 0 Å². The number of rotatable bonds is 3. The van der Waals surface area contributed by atoms with E-state index in [0.29, 0.717) is 5.41 Å². The fourth-order valence-corrected chi connectivity index (χ4v) is 3.41. The fourth-order valence-electron chi connectivity index (χ4n) is 3.41. The Labute approximate surface area is 91.9 Å². The number of anilines is 1. The van der Waals surface area contributed by atoms with E-state index >= 15 is 0 Å². The van der Waals surface area contributed by atoms with Gasteiger partial charge in [0.2, 0.25) is 0 Å². The Morgan fingerprint density at radius 2 is 1.87 bits per heavy atom. The molecular formula is C14H19N. The maximum Gasteiger partial charge on any atom is 0.0340 e. The monoisotopic (exact) mass is 201 g/mol. The van der Waals surface area contributed by atoms with Crippen LogP contribution in [-0.2, 0) is 0 Å². The summed E-state index contributed by atoms with van der Waals surface area (Å²) in [5.41, 5.74) is 1.93. The lowest BCUT2D eigenvalue weighted by molar-refractivity contribution is 0.316. The van der Waals surface area contributed by atoms with Crippen LogP contribution in [-0.4, -0.2) is 6.54 Å². The lowest BCUT2D eigenvalue weighted by Crippen LogP contribution is -2.24. The van der Waals surface area contributed by atoms with E-state index in [9.17, 15) is 0 Å². The van der Waals surface area contributed by atoms with Crippen molar-refractivity contribution in [3.8, 4) is 0 Å². The Kier molecular flexibility index (Phi) is 2.19. The summed E-state index contributed by atoms with van der Waals surface area (Å²) >= 11 is 0. The van der Waals surface area contributed by atoms with Crippen molar-refractivity contribution in [3.63, 3.8) is 0 Å². The van der Waals surface area contributed by atoms with Gasteiger partial charge < -0.3 is 5.32 Å². The van der Waals surface area contributed by atoms with E-state index in [1.807, 2.05) is 0 Å². The molecule has 2 aliphatic rings. The number of hydrogen-bond donors (Lipinski definition) is 1. The van der Waals surface area contributed by atoms with Crippen molar-refractivity contribution in [1.29, 1.82) is 0 Å². The summed E-state index contributed by atoms with van der Waals surface area (Å²) in [4.78, 5) is 0. The van der Waals surface area contributed by atoms with E-state index in [2.05, 4.69) is 35.6 Å². The predicted molar refractivity (Wildman–Crippen MR) is 63.9 cm³/mol. The topological polar surface area (TPSA) is 12.0 Å². The average molecular weight is 201 g/mol. The summed E-state index contributed by atoms with van der Waals surface area (Å²) < 4.78 is 0. The summed E-state index contributed by atoms with van der Waals surface area (Å²) in [7, 11) is 0. The third kappa shape index (κ3) is 1.75. The second kappa shape index (κ2) is 3.55. The Morgan fingerprint density at radius 1 is 1.13 bits per heavy atom. The van der Waals surface area contributed by atoms with Gasteiger partial charge >= 0.3 is 0 Å². The summed E-state index contributed by atoms with van der Waals surface area (Å²) in [6.07, 6.45) is 7.36. The number of para-hydroxylation sites is 1. The lowest BCUT2D eigenvalue weighted by atomic mass is 9.84. The van der Waals surface area contributed by atoms with Crippen molar-refractivity contribution >= 4 is 5.69 Å². The van der Waals surface area contributed by atoms with Crippen LogP contribution in [0.1, 0.15) is 32.1 Å². The third-order valence-electron chi connectivity index (χ3n) is 4.33. The van der Waals surface area contributed by atoms with E-state index in [1.54, 1.807) is 0 Å². The molecule has 2 bridgehead atoms. The lowest BCUT2D eigenvalue weighted by Gasteiger charge is -2.27. The van der Waals surface area contributed by atoms with Crippen molar-refractivity contribution in [1.82, 2.24) is 0 Å². The van der Waals surface area contributed by atoms with Crippen LogP contribution >= 0.6 is 0 Å². The van der Waals surface area contributed by atoms with Crippen LogP contribution < -0.4 is 5.32 Å². The smallest absolute Gasteiger partial charge is 0.0340 e. The molecule has 2 fully saturated rings. The third-order valence-corrected chi connectivity index (χ3v) is 4.33. The maximum atomic E-state index is 3.60. The van der Waals surface area contributed by atoms with Crippen molar-refractivity contribution in [3.05, 3.63) is 30.3 Å². The van der Waals surface area contributed by atoms with Crippen molar-refractivity contribution < 1.29 is 0 Å². The highest BCUT2D eigenvalue weighted by molar-refractivity contribution is 5.42. The molecule has 1 aromatic rings. The summed E-state index contributed by atoms with van der Waals surface area (Å²) in [5, 5.41) is 3.60. The van der Waals surface area contributed by atoms with Gasteiger partial charge in [0, 0.05) is 12.2 Å². The van der Waals surface area contributed by atoms with Crippen LogP contribution in [0.3, 0.4) is 0 Å². The SMILES string of the molecule is c1ccc(NCC23CCC(CC2)C3)cc1. The fraction of sp³-hybridized carbons (Fsp3) is 0.571. The predicted octanol–water partition coefficient (Wildman–Crippen LogP) is 3.68. The van der Waals surface area contributed by atoms with E-state index in [-0.39, 0.29) is 0 Å². The Bertz CT molecular complexity index is 322. The van der Waals surface area contributed by atoms with Crippen molar-refractivity contribution in [2.24, 2.45) is 11.3 Å². The molecule has 1 aromatic carbocycles. The molecule has 0 radical (unpaired) electrons. The van der Waals surface area contributed by atoms with Gasteiger partial charge in [0.05, 0.1) is 0 Å². The quantitative estimate of drug-likeness (QED) is 0.786. The minimum Gasteiger partial charge on any atom is -0.384 e. The Balaban J connectivity index is 1.62. The van der Waals surface area contributed by atoms with Crippen molar-refractivity contribution in [2.45, 2.75) is 32.1 Å². The molecule has 0 unspecified atom stereocenters. The van der Waals surface area contributed by atoms with E-state index < -0.39 is 0 Å². The van der Waals surface area contributed by atoms with Gasteiger partial charge in [-0.25, -0.2) is 0 Å². The molecule has 1 N–H and O–H groups in total. The van der Waals surface area contributed by atoms with E-state index in [1.165, 1.54) is 44.3 Å². The standard InChI is InChI=1S/C14H19N/c1-2-4-13(5-3-1)15-11-14-8-6-12(10-14)7-9-14/h1-5,12,15H,6-11H2. The van der Waals surface area contributed by atoms with Gasteiger partial charge in [0.25, 0.3) is 0 Å². The zero-order valence-corrected chi connectivity index (χ0v) is 9.21. The molecule has 1 heteroatoms. The molecule has 0 aliphatic heterocycles. The molecule has 2 aliphatic carbocycles. The molecule has 1 nitrogen and oxygen atoms in total. The van der Waals surface area contributed by atoms with Gasteiger partial charge in [-0.2, -0.15) is 0 Å². The molecule has 2 saturated carbocycles. The van der Waals surface area contributed by atoms with Crippen LogP contribution in [0, 0.1) is 11.3 Å². The minimum atomic E-state index is 0.653. The van der Waals surface area contributed by atoms with Gasteiger partial charge in [0.1, 0.15) is 0 Å². The first-order chi connectivity index (χ1) is 7.36. The van der Waals surface area contributed by atoms with Crippen LogP contribution in [0.25, 0.3) is 0 Å². The highest BCUT2D eigenvalue weighted by atomic mass is 14.9. The molecule has 15 heavy (non-hydrogen) atoms. The van der Waals surface area contributed by atoms with Crippen LogP contribution in [0.15, 0.2) is 30.3 Å². The number of fused-ring (bicyclic) bond motifs is 2. The minimum absolute atomic E-state index is 0.653. The van der Waals surface area contributed by atoms with Gasteiger partial charge in [-0.3, -0.25) is 0 Å². The van der Waals surface area contributed by atoms with Crippen LogP contribution in [0.4, 0.5) is 5.69 Å². The van der Waals surface area contributed by atoms with Gasteiger partial charge in [-0.15, -0.1) is 0 Å².